The van der Waals surface area contributed by atoms with Gasteiger partial charge in [-0.05, 0) is 49.8 Å². The van der Waals surface area contributed by atoms with Crippen LogP contribution in [0.2, 0.25) is 0 Å². The molecule has 0 saturated carbocycles. The standard InChI is InChI=1S/C19H21N3O2/c1-22(2)7-6-14-12-21-18-5-4-13(9-17(14)18)15-8-16(11-20-10-15)19(23)24-3/h4-5,8-12,21H,6-7H2,1-3H3. The molecule has 0 saturated heterocycles. The third kappa shape index (κ3) is 3.31. The predicted octanol–water partition coefficient (Wildman–Crippen LogP) is 3.12. The van der Waals surface area contributed by atoms with E-state index in [-0.39, 0.29) is 5.97 Å². The van der Waals surface area contributed by atoms with Crippen LogP contribution in [0.4, 0.5) is 0 Å². The highest BCUT2D eigenvalue weighted by Gasteiger charge is 2.10. The van der Waals surface area contributed by atoms with Gasteiger partial charge < -0.3 is 14.6 Å². The number of aromatic nitrogens is 2. The fourth-order valence-electron chi connectivity index (χ4n) is 2.74. The van der Waals surface area contributed by atoms with Crippen LogP contribution in [0.25, 0.3) is 22.0 Å². The molecule has 0 aliphatic rings. The number of pyridine rings is 1. The fraction of sp³-hybridized carbons (Fsp3) is 0.263. The number of hydrogen-bond donors (Lipinski definition) is 1. The number of likely N-dealkylation sites (N-methyl/N-ethyl adjacent to an activating group) is 1. The van der Waals surface area contributed by atoms with Crippen LogP contribution in [-0.4, -0.2) is 48.6 Å². The van der Waals surface area contributed by atoms with Crippen LogP contribution in [0.3, 0.4) is 0 Å². The van der Waals surface area contributed by atoms with Crippen molar-refractivity contribution in [3.05, 3.63) is 54.0 Å². The van der Waals surface area contributed by atoms with Crippen molar-refractivity contribution in [1.29, 1.82) is 0 Å². The highest BCUT2D eigenvalue weighted by Crippen LogP contribution is 2.27. The van der Waals surface area contributed by atoms with E-state index >= 15 is 0 Å². The topological polar surface area (TPSA) is 58.2 Å². The zero-order chi connectivity index (χ0) is 17.1. The summed E-state index contributed by atoms with van der Waals surface area (Å²) in [6.07, 6.45) is 6.34. The minimum absolute atomic E-state index is 0.376. The maximum absolute atomic E-state index is 11.7. The van der Waals surface area contributed by atoms with E-state index in [9.17, 15) is 4.79 Å². The summed E-state index contributed by atoms with van der Waals surface area (Å²) in [5.74, 6) is -0.376. The first-order chi connectivity index (χ1) is 11.6. The van der Waals surface area contributed by atoms with Crippen LogP contribution in [-0.2, 0) is 11.2 Å². The number of methoxy groups -OCH3 is 1. The Kier molecular flexibility index (Phi) is 4.62. The normalized spacial score (nSPS) is 11.2. The monoisotopic (exact) mass is 323 g/mol. The van der Waals surface area contributed by atoms with E-state index < -0.39 is 0 Å². The second-order valence-corrected chi connectivity index (χ2v) is 6.08. The lowest BCUT2D eigenvalue weighted by molar-refractivity contribution is 0.0600. The lowest BCUT2D eigenvalue weighted by Crippen LogP contribution is -2.14. The maximum Gasteiger partial charge on any atom is 0.339 e. The molecule has 2 heterocycles. The zero-order valence-electron chi connectivity index (χ0n) is 14.2. The lowest BCUT2D eigenvalue weighted by atomic mass is 10.0. The molecule has 0 unspecified atom stereocenters. The van der Waals surface area contributed by atoms with Gasteiger partial charge >= 0.3 is 5.97 Å². The van der Waals surface area contributed by atoms with E-state index in [1.165, 1.54) is 24.3 Å². The van der Waals surface area contributed by atoms with Gasteiger partial charge in [0, 0.05) is 41.6 Å². The van der Waals surface area contributed by atoms with Crippen LogP contribution >= 0.6 is 0 Å². The first-order valence-electron chi connectivity index (χ1n) is 7.87. The van der Waals surface area contributed by atoms with E-state index in [1.54, 1.807) is 6.20 Å². The molecule has 0 aliphatic heterocycles. The summed E-state index contributed by atoms with van der Waals surface area (Å²) in [6, 6.07) is 8.06. The second kappa shape index (κ2) is 6.84. The molecule has 124 valence electrons. The van der Waals surface area contributed by atoms with E-state index in [1.807, 2.05) is 12.1 Å². The minimum atomic E-state index is -0.376. The lowest BCUT2D eigenvalue weighted by Gasteiger charge is -2.09. The van der Waals surface area contributed by atoms with Crippen molar-refractivity contribution in [2.75, 3.05) is 27.7 Å². The number of fused-ring (bicyclic) bond motifs is 1. The Labute approximate surface area is 141 Å². The predicted molar refractivity (Wildman–Crippen MR) is 95.1 cm³/mol. The number of carbonyl (C=O) groups excluding carboxylic acids is 1. The van der Waals surface area contributed by atoms with E-state index in [0.29, 0.717) is 5.56 Å². The Hall–Kier alpha value is -2.66. The van der Waals surface area contributed by atoms with Gasteiger partial charge in [-0.25, -0.2) is 4.79 Å². The number of H-pyrrole nitrogens is 1. The highest BCUT2D eigenvalue weighted by atomic mass is 16.5. The van der Waals surface area contributed by atoms with Crippen molar-refractivity contribution in [2.45, 2.75) is 6.42 Å². The van der Waals surface area contributed by atoms with E-state index in [0.717, 1.165) is 29.6 Å². The van der Waals surface area contributed by atoms with Gasteiger partial charge in [-0.2, -0.15) is 0 Å². The molecule has 0 atom stereocenters. The van der Waals surface area contributed by atoms with Crippen LogP contribution in [0, 0.1) is 0 Å². The van der Waals surface area contributed by atoms with Crippen molar-refractivity contribution < 1.29 is 9.53 Å². The van der Waals surface area contributed by atoms with Crippen LogP contribution in [0.5, 0.6) is 0 Å². The van der Waals surface area contributed by atoms with Gasteiger partial charge in [-0.1, -0.05) is 6.07 Å². The van der Waals surface area contributed by atoms with Gasteiger partial charge in [0.1, 0.15) is 0 Å². The summed E-state index contributed by atoms with van der Waals surface area (Å²) in [5.41, 5.74) is 4.80. The fourth-order valence-corrected chi connectivity index (χ4v) is 2.74. The molecular formula is C19H21N3O2. The number of hydrogen-bond acceptors (Lipinski definition) is 4. The molecule has 3 aromatic rings. The number of rotatable bonds is 5. The molecule has 5 heteroatoms. The molecule has 0 fully saturated rings. The van der Waals surface area contributed by atoms with Crippen molar-refractivity contribution in [3.63, 3.8) is 0 Å². The molecule has 0 amide bonds. The van der Waals surface area contributed by atoms with E-state index in [2.05, 4.69) is 47.3 Å². The summed E-state index contributed by atoms with van der Waals surface area (Å²) in [5, 5.41) is 1.21. The Bertz CT molecular complexity index is 868. The van der Waals surface area contributed by atoms with Gasteiger partial charge in [-0.15, -0.1) is 0 Å². The number of nitrogens with zero attached hydrogens (tertiary/aromatic N) is 2. The van der Waals surface area contributed by atoms with Gasteiger partial charge in [0.2, 0.25) is 0 Å². The number of aromatic amines is 1. The molecule has 1 aromatic carbocycles. The van der Waals surface area contributed by atoms with Gasteiger partial charge in [-0.3, -0.25) is 4.98 Å². The molecule has 0 spiro atoms. The first kappa shape index (κ1) is 16.2. The van der Waals surface area contributed by atoms with Crippen molar-refractivity contribution in [1.82, 2.24) is 14.9 Å². The first-order valence-corrected chi connectivity index (χ1v) is 7.87. The average Bonchev–Trinajstić information content (AvgIpc) is 3.01. The number of esters is 1. The average molecular weight is 323 g/mol. The Morgan fingerprint density at radius 1 is 1.21 bits per heavy atom. The van der Waals surface area contributed by atoms with Gasteiger partial charge in [0.15, 0.2) is 0 Å². The summed E-state index contributed by atoms with van der Waals surface area (Å²) in [6.45, 7) is 0.997. The quantitative estimate of drug-likeness (QED) is 0.733. The highest BCUT2D eigenvalue weighted by molar-refractivity contribution is 5.92. The Morgan fingerprint density at radius 3 is 2.79 bits per heavy atom. The van der Waals surface area contributed by atoms with Crippen LogP contribution in [0.1, 0.15) is 15.9 Å². The van der Waals surface area contributed by atoms with Crippen molar-refractivity contribution in [2.24, 2.45) is 0 Å². The number of carbonyl (C=O) groups is 1. The van der Waals surface area contributed by atoms with Crippen molar-refractivity contribution in [3.8, 4) is 11.1 Å². The number of benzene rings is 1. The SMILES string of the molecule is COC(=O)c1cncc(-c2ccc3[nH]cc(CCN(C)C)c3c2)c1. The third-order valence-corrected chi connectivity index (χ3v) is 4.09. The molecular weight excluding hydrogens is 302 g/mol. The smallest absolute Gasteiger partial charge is 0.339 e. The van der Waals surface area contributed by atoms with Gasteiger partial charge in [0.05, 0.1) is 12.7 Å². The molecule has 24 heavy (non-hydrogen) atoms. The van der Waals surface area contributed by atoms with Crippen LogP contribution in [0.15, 0.2) is 42.9 Å². The Morgan fingerprint density at radius 2 is 2.04 bits per heavy atom. The number of ether oxygens (including phenoxy) is 1. The molecule has 3 rings (SSSR count). The van der Waals surface area contributed by atoms with Crippen molar-refractivity contribution >= 4 is 16.9 Å². The molecule has 0 bridgehead atoms. The van der Waals surface area contributed by atoms with E-state index in [4.69, 9.17) is 4.74 Å². The largest absolute Gasteiger partial charge is 0.465 e. The molecule has 1 N–H and O–H groups in total. The molecule has 0 radical (unpaired) electrons. The minimum Gasteiger partial charge on any atom is -0.465 e. The second-order valence-electron chi connectivity index (χ2n) is 6.08. The molecule has 5 nitrogen and oxygen atoms in total. The Balaban J connectivity index is 1.98. The van der Waals surface area contributed by atoms with Crippen LogP contribution < -0.4 is 0 Å². The zero-order valence-corrected chi connectivity index (χ0v) is 14.2. The third-order valence-electron chi connectivity index (χ3n) is 4.09. The summed E-state index contributed by atoms with van der Waals surface area (Å²) in [4.78, 5) is 21.4. The summed E-state index contributed by atoms with van der Waals surface area (Å²) in [7, 11) is 5.52. The van der Waals surface area contributed by atoms with Gasteiger partial charge in [0.25, 0.3) is 0 Å². The summed E-state index contributed by atoms with van der Waals surface area (Å²) >= 11 is 0. The summed E-state index contributed by atoms with van der Waals surface area (Å²) < 4.78 is 4.77. The maximum atomic E-state index is 11.7. The molecule has 2 aromatic heterocycles. The number of nitrogens with one attached hydrogen (secondary N) is 1. The molecule has 0 aliphatic carbocycles.